The molecule has 0 spiro atoms. The highest BCUT2D eigenvalue weighted by atomic mass is 16.6. The van der Waals surface area contributed by atoms with Gasteiger partial charge in [-0.3, -0.25) is 0 Å². The minimum absolute atomic E-state index is 0.0449. The van der Waals surface area contributed by atoms with Gasteiger partial charge in [0.15, 0.2) is 5.69 Å². The SMILES string of the molecule is CCOC(=O)N1CCC(Nc2nccc(C(=O)O)n2)CC1. The van der Waals surface area contributed by atoms with E-state index in [0.29, 0.717) is 25.6 Å². The van der Waals surface area contributed by atoms with Gasteiger partial charge < -0.3 is 20.1 Å². The number of aromatic nitrogens is 2. The lowest BCUT2D eigenvalue weighted by molar-refractivity contribution is 0.0690. The Morgan fingerprint density at radius 1 is 1.48 bits per heavy atom. The molecule has 1 aliphatic rings. The van der Waals surface area contributed by atoms with Gasteiger partial charge in [0.2, 0.25) is 5.95 Å². The zero-order chi connectivity index (χ0) is 15.2. The van der Waals surface area contributed by atoms with Crippen molar-refractivity contribution < 1.29 is 19.4 Å². The molecular weight excluding hydrogens is 276 g/mol. The van der Waals surface area contributed by atoms with Crippen molar-refractivity contribution in [1.29, 1.82) is 0 Å². The van der Waals surface area contributed by atoms with Crippen LogP contribution in [0.3, 0.4) is 0 Å². The largest absolute Gasteiger partial charge is 0.477 e. The average Bonchev–Trinajstić information content (AvgIpc) is 2.48. The summed E-state index contributed by atoms with van der Waals surface area (Å²) < 4.78 is 4.95. The number of carboxylic acid groups (broad SMARTS) is 1. The molecule has 0 radical (unpaired) electrons. The van der Waals surface area contributed by atoms with Gasteiger partial charge in [0.25, 0.3) is 0 Å². The lowest BCUT2D eigenvalue weighted by atomic mass is 10.1. The molecule has 1 saturated heterocycles. The number of carbonyl (C=O) groups is 2. The molecule has 0 atom stereocenters. The fourth-order valence-corrected chi connectivity index (χ4v) is 2.15. The maximum absolute atomic E-state index is 11.6. The molecule has 114 valence electrons. The van der Waals surface area contributed by atoms with E-state index in [9.17, 15) is 9.59 Å². The highest BCUT2D eigenvalue weighted by Gasteiger charge is 2.24. The third-order valence-electron chi connectivity index (χ3n) is 3.23. The van der Waals surface area contributed by atoms with Gasteiger partial charge in [-0.1, -0.05) is 0 Å². The van der Waals surface area contributed by atoms with Gasteiger partial charge in [-0.25, -0.2) is 19.6 Å². The summed E-state index contributed by atoms with van der Waals surface area (Å²) in [5, 5.41) is 12.0. The summed E-state index contributed by atoms with van der Waals surface area (Å²) in [7, 11) is 0. The van der Waals surface area contributed by atoms with Crippen molar-refractivity contribution in [3.8, 4) is 0 Å². The maximum atomic E-state index is 11.6. The number of aromatic carboxylic acids is 1. The number of carbonyl (C=O) groups excluding carboxylic acids is 1. The van der Waals surface area contributed by atoms with Crippen molar-refractivity contribution in [2.75, 3.05) is 25.0 Å². The van der Waals surface area contributed by atoms with Gasteiger partial charge in [-0.15, -0.1) is 0 Å². The van der Waals surface area contributed by atoms with E-state index >= 15 is 0 Å². The topological polar surface area (TPSA) is 105 Å². The minimum Gasteiger partial charge on any atom is -0.477 e. The Morgan fingerprint density at radius 2 is 2.19 bits per heavy atom. The number of likely N-dealkylation sites (tertiary alicyclic amines) is 1. The lowest BCUT2D eigenvalue weighted by Gasteiger charge is -2.31. The third kappa shape index (κ3) is 4.04. The van der Waals surface area contributed by atoms with E-state index in [4.69, 9.17) is 9.84 Å². The van der Waals surface area contributed by atoms with E-state index in [1.165, 1.54) is 12.3 Å². The van der Waals surface area contributed by atoms with Crippen LogP contribution in [0.1, 0.15) is 30.3 Å². The first kappa shape index (κ1) is 15.0. The fraction of sp³-hybridized carbons (Fsp3) is 0.538. The second-order valence-electron chi connectivity index (χ2n) is 4.68. The van der Waals surface area contributed by atoms with E-state index < -0.39 is 5.97 Å². The van der Waals surface area contributed by atoms with Crippen LogP contribution in [0.4, 0.5) is 10.7 Å². The number of rotatable bonds is 4. The Balaban J connectivity index is 1.87. The number of nitrogens with one attached hydrogen (secondary N) is 1. The Hall–Kier alpha value is -2.38. The molecule has 8 nitrogen and oxygen atoms in total. The van der Waals surface area contributed by atoms with Crippen LogP contribution in [-0.2, 0) is 4.74 Å². The standard InChI is InChI=1S/C13H18N4O4/c1-2-21-13(20)17-7-4-9(5-8-17)15-12-14-6-3-10(16-12)11(18)19/h3,6,9H,2,4-5,7-8H2,1H3,(H,18,19)(H,14,15,16). The molecule has 1 aromatic heterocycles. The van der Waals surface area contributed by atoms with Crippen LogP contribution < -0.4 is 5.32 Å². The average molecular weight is 294 g/mol. The van der Waals surface area contributed by atoms with Crippen molar-refractivity contribution >= 4 is 18.0 Å². The van der Waals surface area contributed by atoms with E-state index in [1.807, 2.05) is 0 Å². The number of ether oxygens (including phenoxy) is 1. The molecular formula is C13H18N4O4. The molecule has 21 heavy (non-hydrogen) atoms. The van der Waals surface area contributed by atoms with Crippen LogP contribution in [0.15, 0.2) is 12.3 Å². The molecule has 0 saturated carbocycles. The van der Waals surface area contributed by atoms with E-state index in [0.717, 1.165) is 12.8 Å². The van der Waals surface area contributed by atoms with Gasteiger partial charge in [0, 0.05) is 25.3 Å². The Labute approximate surface area is 122 Å². The Kier molecular flexibility index (Phi) is 4.91. The number of hydrogen-bond donors (Lipinski definition) is 2. The molecule has 0 unspecified atom stereocenters. The molecule has 0 aliphatic carbocycles. The minimum atomic E-state index is -1.09. The summed E-state index contributed by atoms with van der Waals surface area (Å²) >= 11 is 0. The predicted molar refractivity (Wildman–Crippen MR) is 74.2 cm³/mol. The highest BCUT2D eigenvalue weighted by Crippen LogP contribution is 2.15. The monoisotopic (exact) mass is 294 g/mol. The maximum Gasteiger partial charge on any atom is 0.409 e. The van der Waals surface area contributed by atoms with Crippen molar-refractivity contribution in [2.24, 2.45) is 0 Å². The van der Waals surface area contributed by atoms with E-state index in [-0.39, 0.29) is 17.8 Å². The zero-order valence-electron chi connectivity index (χ0n) is 11.8. The number of hydrogen-bond acceptors (Lipinski definition) is 6. The molecule has 8 heteroatoms. The smallest absolute Gasteiger partial charge is 0.409 e. The molecule has 1 aromatic rings. The molecule has 2 heterocycles. The molecule has 1 fully saturated rings. The van der Waals surface area contributed by atoms with Gasteiger partial charge in [-0.2, -0.15) is 0 Å². The van der Waals surface area contributed by atoms with Gasteiger partial charge in [0.05, 0.1) is 6.61 Å². The molecule has 2 N–H and O–H groups in total. The molecule has 0 aromatic carbocycles. The van der Waals surface area contributed by atoms with E-state index in [1.54, 1.807) is 11.8 Å². The number of nitrogens with zero attached hydrogens (tertiary/aromatic N) is 3. The summed E-state index contributed by atoms with van der Waals surface area (Å²) in [6.07, 6.45) is 2.59. The molecule has 0 bridgehead atoms. The molecule has 1 amide bonds. The first-order valence-electron chi connectivity index (χ1n) is 6.84. The highest BCUT2D eigenvalue weighted by molar-refractivity contribution is 5.85. The second-order valence-corrected chi connectivity index (χ2v) is 4.68. The van der Waals surface area contributed by atoms with Crippen LogP contribution in [-0.4, -0.2) is 57.8 Å². The Morgan fingerprint density at radius 3 is 2.81 bits per heavy atom. The number of anilines is 1. The van der Waals surface area contributed by atoms with Crippen LogP contribution in [0, 0.1) is 0 Å². The zero-order valence-corrected chi connectivity index (χ0v) is 11.8. The number of carboxylic acids is 1. The quantitative estimate of drug-likeness (QED) is 0.859. The lowest BCUT2D eigenvalue weighted by Crippen LogP contribution is -2.42. The van der Waals surface area contributed by atoms with Gasteiger partial charge in [0.1, 0.15) is 0 Å². The van der Waals surface area contributed by atoms with Crippen LogP contribution in [0.25, 0.3) is 0 Å². The van der Waals surface area contributed by atoms with Crippen molar-refractivity contribution in [1.82, 2.24) is 14.9 Å². The first-order valence-corrected chi connectivity index (χ1v) is 6.84. The van der Waals surface area contributed by atoms with E-state index in [2.05, 4.69) is 15.3 Å². The normalized spacial score (nSPS) is 15.6. The van der Waals surface area contributed by atoms with Gasteiger partial charge in [-0.05, 0) is 25.8 Å². The third-order valence-corrected chi connectivity index (χ3v) is 3.23. The Bertz CT molecular complexity index is 515. The van der Waals surface area contributed by atoms with Crippen molar-refractivity contribution in [2.45, 2.75) is 25.8 Å². The predicted octanol–water partition coefficient (Wildman–Crippen LogP) is 1.21. The molecule has 2 rings (SSSR count). The number of amides is 1. The van der Waals surface area contributed by atoms with Crippen LogP contribution in [0.2, 0.25) is 0 Å². The summed E-state index contributed by atoms with van der Waals surface area (Å²) in [5.74, 6) is -0.790. The number of piperidine rings is 1. The van der Waals surface area contributed by atoms with Crippen LogP contribution >= 0.6 is 0 Å². The molecule has 1 aliphatic heterocycles. The summed E-state index contributed by atoms with van der Waals surface area (Å²) in [6.45, 7) is 3.33. The summed E-state index contributed by atoms with van der Waals surface area (Å²) in [5.41, 5.74) is -0.0449. The summed E-state index contributed by atoms with van der Waals surface area (Å²) in [6, 6.07) is 1.45. The van der Waals surface area contributed by atoms with Gasteiger partial charge >= 0.3 is 12.1 Å². The fourth-order valence-electron chi connectivity index (χ4n) is 2.15. The van der Waals surface area contributed by atoms with Crippen molar-refractivity contribution in [3.05, 3.63) is 18.0 Å². The van der Waals surface area contributed by atoms with Crippen molar-refractivity contribution in [3.63, 3.8) is 0 Å². The second kappa shape index (κ2) is 6.87. The first-order chi connectivity index (χ1) is 10.1. The summed E-state index contributed by atoms with van der Waals surface area (Å²) in [4.78, 5) is 32.0. The van der Waals surface area contributed by atoms with Crippen LogP contribution in [0.5, 0.6) is 0 Å².